The largest absolute Gasteiger partial charge is 0.416 e. The van der Waals surface area contributed by atoms with Gasteiger partial charge in [-0.1, -0.05) is 6.07 Å². The Balaban J connectivity index is 2.40. The van der Waals surface area contributed by atoms with Gasteiger partial charge in [0.2, 0.25) is 5.56 Å². The summed E-state index contributed by atoms with van der Waals surface area (Å²) < 4.78 is 78.5. The summed E-state index contributed by atoms with van der Waals surface area (Å²) in [6.07, 6.45) is -10.5. The normalized spacial score (nSPS) is 13.2. The molecule has 0 aliphatic rings. The number of likely N-dealkylation sites (N-methyl/N-ethyl adjacent to an activating group) is 1. The zero-order chi connectivity index (χ0) is 23.6. The number of aliphatic hydroxyl groups excluding tert-OH is 1. The monoisotopic (exact) mass is 446 g/mol. The van der Waals surface area contributed by atoms with Crippen molar-refractivity contribution in [3.63, 3.8) is 0 Å². The van der Waals surface area contributed by atoms with Crippen LogP contribution in [0.3, 0.4) is 0 Å². The van der Waals surface area contributed by atoms with Crippen molar-refractivity contribution in [1.82, 2.24) is 9.88 Å². The number of H-pyrrole nitrogens is 1. The molecule has 1 heterocycles. The first kappa shape index (κ1) is 24.5. The number of halogens is 6. The van der Waals surface area contributed by atoms with Gasteiger partial charge in [-0.15, -0.1) is 0 Å². The van der Waals surface area contributed by atoms with Crippen LogP contribution in [0.25, 0.3) is 0 Å². The standard InChI is InChI=1S/C19H17BF6N2O3/c1-28(17(31)15-3-2-14(20)16(30)27-15)13(4-5-29)8-10-6-11(18(21,22)23)9-12(7-10)19(24,25)26/h2-3,6-7,9,13,29H,4-5,8H2,1H3,(H,27,30). The van der Waals surface area contributed by atoms with E-state index in [1.165, 1.54) is 19.2 Å². The highest BCUT2D eigenvalue weighted by Gasteiger charge is 2.37. The Kier molecular flexibility index (Phi) is 7.25. The van der Waals surface area contributed by atoms with Gasteiger partial charge in [-0.2, -0.15) is 26.3 Å². The average molecular weight is 446 g/mol. The fraction of sp³-hybridized carbons (Fsp3) is 0.368. The lowest BCUT2D eigenvalue weighted by Gasteiger charge is -2.28. The fourth-order valence-corrected chi connectivity index (χ4v) is 2.96. The minimum Gasteiger partial charge on any atom is -0.396 e. The molecule has 0 saturated carbocycles. The number of benzene rings is 1. The number of rotatable bonds is 6. The number of nitrogens with zero attached hydrogens (tertiary/aromatic N) is 1. The van der Waals surface area contributed by atoms with Crippen molar-refractivity contribution < 1.29 is 36.2 Å². The lowest BCUT2D eigenvalue weighted by molar-refractivity contribution is -0.143. The highest BCUT2D eigenvalue weighted by atomic mass is 19.4. The predicted octanol–water partition coefficient (Wildman–Crippen LogP) is 2.27. The van der Waals surface area contributed by atoms with Crippen LogP contribution < -0.4 is 11.0 Å². The fourth-order valence-electron chi connectivity index (χ4n) is 2.96. The smallest absolute Gasteiger partial charge is 0.396 e. The summed E-state index contributed by atoms with van der Waals surface area (Å²) in [6.45, 7) is -0.481. The maximum absolute atomic E-state index is 13.1. The highest BCUT2D eigenvalue weighted by Crippen LogP contribution is 2.36. The van der Waals surface area contributed by atoms with Crippen molar-refractivity contribution in [2.75, 3.05) is 13.7 Å². The van der Waals surface area contributed by atoms with Crippen LogP contribution >= 0.6 is 0 Å². The Bertz CT molecular complexity index is 971. The van der Waals surface area contributed by atoms with Gasteiger partial charge in [-0.25, -0.2) is 0 Å². The van der Waals surface area contributed by atoms with Crippen LogP contribution in [0.4, 0.5) is 26.3 Å². The summed E-state index contributed by atoms with van der Waals surface area (Å²) in [5.41, 5.74) is -4.31. The van der Waals surface area contributed by atoms with Gasteiger partial charge in [-0.3, -0.25) is 9.59 Å². The van der Waals surface area contributed by atoms with E-state index in [0.717, 1.165) is 4.90 Å². The Morgan fingerprint density at radius 2 is 1.65 bits per heavy atom. The number of hydrogen-bond donors (Lipinski definition) is 2. The number of hydrogen-bond acceptors (Lipinski definition) is 3. The molecule has 2 aromatic rings. The first-order chi connectivity index (χ1) is 14.2. The van der Waals surface area contributed by atoms with Crippen LogP contribution in [-0.2, 0) is 18.8 Å². The maximum Gasteiger partial charge on any atom is 0.416 e. The molecule has 0 spiro atoms. The number of pyridine rings is 1. The molecular weight excluding hydrogens is 429 g/mol. The maximum atomic E-state index is 13.1. The first-order valence-electron chi connectivity index (χ1n) is 8.89. The van der Waals surface area contributed by atoms with Crippen molar-refractivity contribution in [3.8, 4) is 0 Å². The number of aliphatic hydroxyl groups is 1. The summed E-state index contributed by atoms with van der Waals surface area (Å²) in [4.78, 5) is 27.5. The predicted molar refractivity (Wildman–Crippen MR) is 100 cm³/mol. The third kappa shape index (κ3) is 6.12. The molecule has 1 unspecified atom stereocenters. The first-order valence-corrected chi connectivity index (χ1v) is 8.89. The molecule has 0 fully saturated rings. The molecule has 2 radical (unpaired) electrons. The number of aromatic amines is 1. The Labute approximate surface area is 174 Å². The van der Waals surface area contributed by atoms with Gasteiger partial charge in [0.1, 0.15) is 13.5 Å². The number of aromatic nitrogens is 1. The number of carbonyl (C=O) groups is 1. The summed E-state index contributed by atoms with van der Waals surface area (Å²) >= 11 is 0. The average Bonchev–Trinajstić information content (AvgIpc) is 2.67. The number of carbonyl (C=O) groups excluding carboxylic acids is 1. The molecule has 2 rings (SSSR count). The van der Waals surface area contributed by atoms with E-state index in [1.807, 2.05) is 0 Å². The molecule has 0 aliphatic carbocycles. The zero-order valence-corrected chi connectivity index (χ0v) is 16.1. The van der Waals surface area contributed by atoms with E-state index in [-0.39, 0.29) is 29.2 Å². The molecule has 1 aromatic heterocycles. The second-order valence-corrected chi connectivity index (χ2v) is 6.86. The van der Waals surface area contributed by atoms with Crippen LogP contribution in [0.5, 0.6) is 0 Å². The molecule has 5 nitrogen and oxygen atoms in total. The van der Waals surface area contributed by atoms with E-state index < -0.39 is 54.0 Å². The molecule has 0 aliphatic heterocycles. The van der Waals surface area contributed by atoms with Gasteiger partial charge in [0, 0.05) is 19.7 Å². The molecule has 1 atom stereocenters. The lowest BCUT2D eigenvalue weighted by atomic mass is 9.96. The number of alkyl halides is 6. The van der Waals surface area contributed by atoms with E-state index >= 15 is 0 Å². The van der Waals surface area contributed by atoms with Crippen LogP contribution in [-0.4, -0.2) is 48.4 Å². The van der Waals surface area contributed by atoms with E-state index in [1.54, 1.807) is 0 Å². The Morgan fingerprint density at radius 3 is 2.10 bits per heavy atom. The molecule has 166 valence electrons. The highest BCUT2D eigenvalue weighted by molar-refractivity contribution is 6.32. The van der Waals surface area contributed by atoms with Gasteiger partial charge >= 0.3 is 12.4 Å². The molecule has 0 bridgehead atoms. The second-order valence-electron chi connectivity index (χ2n) is 6.86. The van der Waals surface area contributed by atoms with Crippen LogP contribution in [0, 0.1) is 0 Å². The minimum absolute atomic E-state index is 0.0124. The van der Waals surface area contributed by atoms with E-state index in [9.17, 15) is 41.0 Å². The van der Waals surface area contributed by atoms with Crippen LogP contribution in [0.1, 0.15) is 33.6 Å². The SMILES string of the molecule is [B]c1ccc(C(=O)N(C)C(CCO)Cc2cc(C(F)(F)F)cc(C(F)(F)F)c2)[nH]c1=O. The Hall–Kier alpha value is -2.76. The van der Waals surface area contributed by atoms with Gasteiger partial charge in [-0.05, 0) is 48.1 Å². The second kappa shape index (κ2) is 9.17. The molecule has 31 heavy (non-hydrogen) atoms. The molecule has 2 N–H and O–H groups in total. The molecule has 1 amide bonds. The van der Waals surface area contributed by atoms with Crippen molar-refractivity contribution >= 4 is 19.2 Å². The van der Waals surface area contributed by atoms with Crippen molar-refractivity contribution in [3.05, 3.63) is 63.1 Å². The van der Waals surface area contributed by atoms with E-state index in [2.05, 4.69) is 4.98 Å². The van der Waals surface area contributed by atoms with Gasteiger partial charge < -0.3 is 15.0 Å². The Morgan fingerprint density at radius 1 is 1.10 bits per heavy atom. The van der Waals surface area contributed by atoms with Crippen molar-refractivity contribution in [2.24, 2.45) is 0 Å². The third-order valence-electron chi connectivity index (χ3n) is 4.62. The van der Waals surface area contributed by atoms with E-state index in [0.29, 0.717) is 12.1 Å². The van der Waals surface area contributed by atoms with Gasteiger partial charge in [0.05, 0.1) is 11.1 Å². The molecule has 0 saturated heterocycles. The lowest BCUT2D eigenvalue weighted by Crippen LogP contribution is -2.41. The number of amides is 1. The zero-order valence-electron chi connectivity index (χ0n) is 16.1. The molecule has 1 aromatic carbocycles. The van der Waals surface area contributed by atoms with Crippen LogP contribution in [0.15, 0.2) is 35.1 Å². The summed E-state index contributed by atoms with van der Waals surface area (Å²) in [5, 5.41) is 9.29. The van der Waals surface area contributed by atoms with Gasteiger partial charge in [0.25, 0.3) is 5.91 Å². The van der Waals surface area contributed by atoms with Crippen LogP contribution in [0.2, 0.25) is 0 Å². The summed E-state index contributed by atoms with van der Waals surface area (Å²) in [5.74, 6) is -0.751. The molecular formula is C19H17BF6N2O3. The van der Waals surface area contributed by atoms with Gasteiger partial charge in [0.15, 0.2) is 0 Å². The van der Waals surface area contributed by atoms with E-state index in [4.69, 9.17) is 7.85 Å². The number of nitrogens with one attached hydrogen (secondary N) is 1. The van der Waals surface area contributed by atoms with Crippen molar-refractivity contribution in [2.45, 2.75) is 31.2 Å². The summed E-state index contributed by atoms with van der Waals surface area (Å²) in [6, 6.07) is 2.61. The summed E-state index contributed by atoms with van der Waals surface area (Å²) in [7, 11) is 6.65. The minimum atomic E-state index is -5.01. The third-order valence-corrected chi connectivity index (χ3v) is 4.62. The topological polar surface area (TPSA) is 73.4 Å². The quantitative estimate of drug-likeness (QED) is 0.529. The molecule has 12 heteroatoms. The van der Waals surface area contributed by atoms with Crippen molar-refractivity contribution in [1.29, 1.82) is 0 Å².